The van der Waals surface area contributed by atoms with Gasteiger partial charge >= 0.3 is 5.97 Å². The second kappa shape index (κ2) is 3.06. The lowest BCUT2D eigenvalue weighted by Crippen LogP contribution is -2.42. The average molecular weight is 209 g/mol. The quantitative estimate of drug-likeness (QED) is 0.743. The fourth-order valence-electron chi connectivity index (χ4n) is 2.17. The summed E-state index contributed by atoms with van der Waals surface area (Å²) >= 11 is 0. The Hall–Kier alpha value is -1.36. The van der Waals surface area contributed by atoms with Crippen molar-refractivity contribution < 1.29 is 9.90 Å². The van der Waals surface area contributed by atoms with Gasteiger partial charge in [-0.3, -0.25) is 9.48 Å². The molecule has 0 bridgehead atoms. The SMILES string of the molecule is Cc1cn(C)nc1C1(C(N)C(=O)O)CC1. The van der Waals surface area contributed by atoms with E-state index < -0.39 is 17.4 Å². The third-order valence-electron chi connectivity index (χ3n) is 3.13. The summed E-state index contributed by atoms with van der Waals surface area (Å²) in [5.41, 5.74) is 7.17. The molecule has 1 aromatic heterocycles. The van der Waals surface area contributed by atoms with Crippen LogP contribution in [0.4, 0.5) is 0 Å². The standard InChI is InChI=1S/C10H15N3O2/c1-6-5-13(2)12-8(6)10(3-4-10)7(11)9(14)15/h5,7H,3-4,11H2,1-2H3,(H,14,15). The Bertz CT molecular complexity index is 407. The summed E-state index contributed by atoms with van der Waals surface area (Å²) in [6, 6.07) is -0.842. The summed E-state index contributed by atoms with van der Waals surface area (Å²) < 4.78 is 1.71. The highest BCUT2D eigenvalue weighted by atomic mass is 16.4. The number of carboxylic acid groups (broad SMARTS) is 1. The van der Waals surface area contributed by atoms with Crippen molar-refractivity contribution in [2.75, 3.05) is 0 Å². The number of carboxylic acids is 1. The normalized spacial score (nSPS) is 19.9. The smallest absolute Gasteiger partial charge is 0.321 e. The largest absolute Gasteiger partial charge is 0.480 e. The van der Waals surface area contributed by atoms with Crippen LogP contribution in [0.3, 0.4) is 0 Å². The van der Waals surface area contributed by atoms with Crippen LogP contribution in [0, 0.1) is 6.92 Å². The first kappa shape index (κ1) is 10.2. The van der Waals surface area contributed by atoms with Crippen LogP contribution in [0.15, 0.2) is 6.20 Å². The molecular weight excluding hydrogens is 194 g/mol. The molecule has 1 saturated carbocycles. The summed E-state index contributed by atoms with van der Waals surface area (Å²) in [6.45, 7) is 1.94. The van der Waals surface area contributed by atoms with Crippen LogP contribution in [0.5, 0.6) is 0 Å². The first-order valence-electron chi connectivity index (χ1n) is 4.96. The molecule has 0 amide bonds. The van der Waals surface area contributed by atoms with Crippen LogP contribution in [0.25, 0.3) is 0 Å². The van der Waals surface area contributed by atoms with Crippen LogP contribution in [-0.2, 0) is 17.3 Å². The van der Waals surface area contributed by atoms with Crippen molar-refractivity contribution in [1.82, 2.24) is 9.78 Å². The van der Waals surface area contributed by atoms with Gasteiger partial charge < -0.3 is 10.8 Å². The summed E-state index contributed by atoms with van der Waals surface area (Å²) in [4.78, 5) is 10.9. The lowest BCUT2D eigenvalue weighted by atomic mass is 9.91. The van der Waals surface area contributed by atoms with Gasteiger partial charge in [-0.2, -0.15) is 5.10 Å². The molecule has 0 spiro atoms. The minimum atomic E-state index is -0.947. The Morgan fingerprint density at radius 2 is 2.33 bits per heavy atom. The molecule has 0 radical (unpaired) electrons. The van der Waals surface area contributed by atoms with E-state index >= 15 is 0 Å². The van der Waals surface area contributed by atoms with Crippen LogP contribution < -0.4 is 5.73 Å². The number of rotatable bonds is 3. The fraction of sp³-hybridized carbons (Fsp3) is 0.600. The molecule has 15 heavy (non-hydrogen) atoms. The molecule has 1 heterocycles. The lowest BCUT2D eigenvalue weighted by Gasteiger charge is -2.18. The molecular formula is C10H15N3O2. The second-order valence-electron chi connectivity index (χ2n) is 4.31. The third kappa shape index (κ3) is 1.43. The van der Waals surface area contributed by atoms with Gasteiger partial charge in [0.2, 0.25) is 0 Å². The van der Waals surface area contributed by atoms with Gasteiger partial charge in [0.15, 0.2) is 0 Å². The number of hydrogen-bond donors (Lipinski definition) is 2. The van der Waals surface area contributed by atoms with E-state index in [9.17, 15) is 4.79 Å². The van der Waals surface area contributed by atoms with Gasteiger partial charge in [0.25, 0.3) is 0 Å². The fourth-order valence-corrected chi connectivity index (χ4v) is 2.17. The van der Waals surface area contributed by atoms with Gasteiger partial charge in [0, 0.05) is 18.7 Å². The summed E-state index contributed by atoms with van der Waals surface area (Å²) in [7, 11) is 1.83. The van der Waals surface area contributed by atoms with Gasteiger partial charge in [-0.05, 0) is 25.3 Å². The Morgan fingerprint density at radius 1 is 1.73 bits per heavy atom. The Labute approximate surface area is 87.9 Å². The maximum atomic E-state index is 10.9. The predicted molar refractivity (Wildman–Crippen MR) is 54.5 cm³/mol. The van der Waals surface area contributed by atoms with Crippen molar-refractivity contribution in [2.24, 2.45) is 12.8 Å². The van der Waals surface area contributed by atoms with Crippen LogP contribution in [0.1, 0.15) is 24.1 Å². The third-order valence-corrected chi connectivity index (χ3v) is 3.13. The van der Waals surface area contributed by atoms with Crippen molar-refractivity contribution in [3.63, 3.8) is 0 Å². The summed E-state index contributed by atoms with van der Waals surface area (Å²) in [5, 5.41) is 13.3. The first-order valence-corrected chi connectivity index (χ1v) is 4.96. The molecule has 5 heteroatoms. The van der Waals surface area contributed by atoms with E-state index in [2.05, 4.69) is 5.10 Å². The molecule has 5 nitrogen and oxygen atoms in total. The maximum Gasteiger partial charge on any atom is 0.321 e. The molecule has 1 fully saturated rings. The minimum Gasteiger partial charge on any atom is -0.480 e. The van der Waals surface area contributed by atoms with Crippen molar-refractivity contribution in [3.05, 3.63) is 17.5 Å². The van der Waals surface area contributed by atoms with Gasteiger partial charge in [-0.25, -0.2) is 0 Å². The Kier molecular flexibility index (Phi) is 2.08. The van der Waals surface area contributed by atoms with E-state index in [-0.39, 0.29) is 0 Å². The molecule has 1 aliphatic carbocycles. The Balaban J connectivity index is 2.38. The number of nitrogens with two attached hydrogens (primary N) is 1. The molecule has 1 atom stereocenters. The molecule has 3 N–H and O–H groups in total. The summed E-state index contributed by atoms with van der Waals surface area (Å²) in [5.74, 6) is -0.947. The average Bonchev–Trinajstić information content (AvgIpc) is 2.87. The molecule has 82 valence electrons. The van der Waals surface area contributed by atoms with E-state index in [0.717, 1.165) is 24.1 Å². The van der Waals surface area contributed by atoms with E-state index in [1.165, 1.54) is 0 Å². The topological polar surface area (TPSA) is 81.1 Å². The van der Waals surface area contributed by atoms with E-state index in [1.807, 2.05) is 20.2 Å². The number of aliphatic carboxylic acids is 1. The first-order chi connectivity index (χ1) is 6.97. The van der Waals surface area contributed by atoms with Gasteiger partial charge in [-0.15, -0.1) is 0 Å². The van der Waals surface area contributed by atoms with Gasteiger partial charge in [-0.1, -0.05) is 0 Å². The number of hydrogen-bond acceptors (Lipinski definition) is 3. The molecule has 0 aliphatic heterocycles. The number of aryl methyl sites for hydroxylation is 2. The Morgan fingerprint density at radius 3 is 2.67 bits per heavy atom. The number of aromatic nitrogens is 2. The summed E-state index contributed by atoms with van der Waals surface area (Å²) in [6.07, 6.45) is 3.53. The molecule has 1 unspecified atom stereocenters. The van der Waals surface area contributed by atoms with Crippen molar-refractivity contribution in [3.8, 4) is 0 Å². The zero-order chi connectivity index (χ0) is 11.2. The van der Waals surface area contributed by atoms with E-state index in [4.69, 9.17) is 10.8 Å². The highest BCUT2D eigenvalue weighted by molar-refractivity contribution is 5.76. The number of carbonyl (C=O) groups is 1. The number of nitrogens with zero attached hydrogens (tertiary/aromatic N) is 2. The molecule has 0 saturated heterocycles. The second-order valence-corrected chi connectivity index (χ2v) is 4.31. The van der Waals surface area contributed by atoms with Crippen LogP contribution in [0.2, 0.25) is 0 Å². The van der Waals surface area contributed by atoms with Crippen molar-refractivity contribution in [1.29, 1.82) is 0 Å². The van der Waals surface area contributed by atoms with Gasteiger partial charge in [0.05, 0.1) is 5.69 Å². The van der Waals surface area contributed by atoms with Crippen LogP contribution >= 0.6 is 0 Å². The predicted octanol–water partition coefficient (Wildman–Crippen LogP) is 0.172. The monoisotopic (exact) mass is 209 g/mol. The van der Waals surface area contributed by atoms with Crippen molar-refractivity contribution >= 4 is 5.97 Å². The lowest BCUT2D eigenvalue weighted by molar-refractivity contribution is -0.139. The highest BCUT2D eigenvalue weighted by Crippen LogP contribution is 2.50. The van der Waals surface area contributed by atoms with E-state index in [1.54, 1.807) is 4.68 Å². The van der Waals surface area contributed by atoms with Gasteiger partial charge in [0.1, 0.15) is 6.04 Å². The maximum absolute atomic E-state index is 10.9. The molecule has 1 aromatic rings. The zero-order valence-electron chi connectivity index (χ0n) is 8.90. The molecule has 0 aromatic carbocycles. The van der Waals surface area contributed by atoms with E-state index in [0.29, 0.717) is 0 Å². The van der Waals surface area contributed by atoms with Crippen molar-refractivity contribution in [2.45, 2.75) is 31.2 Å². The molecule has 2 rings (SSSR count). The molecule has 1 aliphatic rings. The zero-order valence-corrected chi connectivity index (χ0v) is 8.90. The highest BCUT2D eigenvalue weighted by Gasteiger charge is 2.54. The van der Waals surface area contributed by atoms with Crippen LogP contribution in [-0.4, -0.2) is 26.9 Å². The minimum absolute atomic E-state index is 0.419.